The van der Waals surface area contributed by atoms with Crippen LogP contribution in [0.5, 0.6) is 0 Å². The summed E-state index contributed by atoms with van der Waals surface area (Å²) in [6.07, 6.45) is 11.7. The molecule has 0 aromatic carbocycles. The van der Waals surface area contributed by atoms with Crippen molar-refractivity contribution in [1.82, 2.24) is 0 Å². The van der Waals surface area contributed by atoms with Crippen LogP contribution in [-0.2, 0) is 4.74 Å². The fraction of sp³-hybridized carbons (Fsp3) is 0.810. The second-order valence-electron chi connectivity index (χ2n) is 8.73. The zero-order chi connectivity index (χ0) is 18.1. The van der Waals surface area contributed by atoms with Gasteiger partial charge < -0.3 is 0 Å². The van der Waals surface area contributed by atoms with E-state index in [2.05, 4.69) is 11.7 Å². The standard InChI is InChI=1S/C21H31F3O/c1-15-3-5-16(6-4-15)17-7-9-18(10-8-17)19-11-13-20(2,14-12-19)25-21(22,23)24/h11-13,15-18H,3-10,14H2,1-2H3. The lowest BCUT2D eigenvalue weighted by Crippen LogP contribution is -2.34. The molecule has 0 N–H and O–H groups in total. The highest BCUT2D eigenvalue weighted by molar-refractivity contribution is 5.30. The first kappa shape index (κ1) is 19.0. The van der Waals surface area contributed by atoms with E-state index >= 15 is 0 Å². The Morgan fingerprint density at radius 2 is 1.52 bits per heavy atom. The lowest BCUT2D eigenvalue weighted by molar-refractivity contribution is -0.355. The van der Waals surface area contributed by atoms with Crippen LogP contribution in [0.1, 0.15) is 71.6 Å². The third-order valence-electron chi connectivity index (χ3n) is 6.69. The van der Waals surface area contributed by atoms with Gasteiger partial charge in [-0.15, -0.1) is 13.2 Å². The van der Waals surface area contributed by atoms with Crippen molar-refractivity contribution in [3.63, 3.8) is 0 Å². The molecule has 3 aliphatic rings. The van der Waals surface area contributed by atoms with E-state index in [-0.39, 0.29) is 0 Å². The normalized spacial score (nSPS) is 40.0. The molecule has 1 atom stereocenters. The molecule has 0 aromatic rings. The monoisotopic (exact) mass is 356 g/mol. The number of rotatable bonds is 3. The molecule has 4 heteroatoms. The summed E-state index contributed by atoms with van der Waals surface area (Å²) in [6.45, 7) is 3.87. The van der Waals surface area contributed by atoms with Gasteiger partial charge in [-0.1, -0.05) is 38.0 Å². The molecule has 25 heavy (non-hydrogen) atoms. The maximum absolute atomic E-state index is 12.5. The van der Waals surface area contributed by atoms with Gasteiger partial charge in [-0.2, -0.15) is 0 Å². The molecule has 0 bridgehead atoms. The molecule has 142 valence electrons. The fourth-order valence-electron chi connectivity index (χ4n) is 5.05. The predicted molar refractivity (Wildman–Crippen MR) is 94.0 cm³/mol. The highest BCUT2D eigenvalue weighted by Gasteiger charge is 2.40. The van der Waals surface area contributed by atoms with Gasteiger partial charge in [0, 0.05) is 0 Å². The molecular weight excluding hydrogens is 325 g/mol. The van der Waals surface area contributed by atoms with Crippen molar-refractivity contribution in [2.75, 3.05) is 0 Å². The van der Waals surface area contributed by atoms with Crippen LogP contribution in [0.3, 0.4) is 0 Å². The molecule has 1 nitrogen and oxygen atoms in total. The van der Waals surface area contributed by atoms with Crippen molar-refractivity contribution in [3.05, 3.63) is 23.8 Å². The molecule has 3 aliphatic carbocycles. The molecule has 0 spiro atoms. The molecule has 0 saturated heterocycles. The average Bonchev–Trinajstić information content (AvgIpc) is 2.54. The maximum atomic E-state index is 12.5. The SMILES string of the molecule is CC1CCC(C2CCC(C3=CCC(C)(OC(F)(F)F)C=C3)CC2)CC1. The Bertz CT molecular complexity index is 506. The van der Waals surface area contributed by atoms with Crippen LogP contribution in [0.25, 0.3) is 0 Å². The van der Waals surface area contributed by atoms with Gasteiger partial charge in [0.1, 0.15) is 0 Å². The first-order chi connectivity index (χ1) is 11.7. The Hall–Kier alpha value is -0.770. The number of allylic oxidation sites excluding steroid dienone is 2. The quantitative estimate of drug-likeness (QED) is 0.540. The summed E-state index contributed by atoms with van der Waals surface area (Å²) in [7, 11) is 0. The van der Waals surface area contributed by atoms with Crippen molar-refractivity contribution in [3.8, 4) is 0 Å². The smallest absolute Gasteiger partial charge is 0.281 e. The van der Waals surface area contributed by atoms with E-state index in [1.807, 2.05) is 12.2 Å². The van der Waals surface area contributed by atoms with Crippen molar-refractivity contribution < 1.29 is 17.9 Å². The summed E-state index contributed by atoms with van der Waals surface area (Å²) in [4.78, 5) is 0. The van der Waals surface area contributed by atoms with E-state index in [0.29, 0.717) is 12.3 Å². The molecule has 0 heterocycles. The zero-order valence-corrected chi connectivity index (χ0v) is 15.4. The molecule has 0 amide bonds. The van der Waals surface area contributed by atoms with E-state index in [4.69, 9.17) is 0 Å². The van der Waals surface area contributed by atoms with Gasteiger partial charge in [0.2, 0.25) is 0 Å². The molecule has 3 rings (SSSR count). The highest BCUT2D eigenvalue weighted by atomic mass is 19.4. The van der Waals surface area contributed by atoms with E-state index in [0.717, 1.165) is 17.8 Å². The van der Waals surface area contributed by atoms with E-state index < -0.39 is 12.0 Å². The third kappa shape index (κ3) is 5.12. The summed E-state index contributed by atoms with van der Waals surface area (Å²) in [5, 5.41) is 0. The van der Waals surface area contributed by atoms with E-state index in [9.17, 15) is 13.2 Å². The molecule has 0 aliphatic heterocycles. The highest BCUT2D eigenvalue weighted by Crippen LogP contribution is 2.44. The van der Waals surface area contributed by atoms with E-state index in [1.54, 1.807) is 6.08 Å². The summed E-state index contributed by atoms with van der Waals surface area (Å²) in [6, 6.07) is 0. The largest absolute Gasteiger partial charge is 0.523 e. The lowest BCUT2D eigenvalue weighted by atomic mass is 9.68. The Morgan fingerprint density at radius 1 is 0.960 bits per heavy atom. The average molecular weight is 356 g/mol. The topological polar surface area (TPSA) is 9.23 Å². The molecule has 0 radical (unpaired) electrons. The summed E-state index contributed by atoms with van der Waals surface area (Å²) in [5.41, 5.74) is -0.0310. The number of hydrogen-bond acceptors (Lipinski definition) is 1. The second kappa shape index (κ2) is 7.46. The fourth-order valence-corrected chi connectivity index (χ4v) is 5.05. The van der Waals surface area contributed by atoms with Gasteiger partial charge in [-0.25, -0.2) is 0 Å². The van der Waals surface area contributed by atoms with Crippen LogP contribution in [0.2, 0.25) is 0 Å². The summed E-state index contributed by atoms with van der Waals surface area (Å²) >= 11 is 0. The molecule has 2 saturated carbocycles. The van der Waals surface area contributed by atoms with Gasteiger partial charge in [0.25, 0.3) is 0 Å². The van der Waals surface area contributed by atoms with Crippen molar-refractivity contribution in [2.45, 2.75) is 83.6 Å². The third-order valence-corrected chi connectivity index (χ3v) is 6.69. The van der Waals surface area contributed by atoms with Crippen LogP contribution in [0.15, 0.2) is 23.8 Å². The summed E-state index contributed by atoms with van der Waals surface area (Å²) in [5.74, 6) is 3.20. The minimum absolute atomic E-state index is 0.304. The number of ether oxygens (including phenoxy) is 1. The Morgan fingerprint density at radius 3 is 2.00 bits per heavy atom. The molecule has 1 unspecified atom stereocenters. The molecule has 0 aromatic heterocycles. The van der Waals surface area contributed by atoms with Gasteiger partial charge in [-0.3, -0.25) is 4.74 Å². The van der Waals surface area contributed by atoms with Gasteiger partial charge in [0.05, 0.1) is 5.60 Å². The number of hydrogen-bond donors (Lipinski definition) is 0. The first-order valence-corrected chi connectivity index (χ1v) is 9.90. The second-order valence-corrected chi connectivity index (χ2v) is 8.73. The Labute approximate surface area is 149 Å². The van der Waals surface area contributed by atoms with Crippen LogP contribution >= 0.6 is 0 Å². The lowest BCUT2D eigenvalue weighted by Gasteiger charge is -2.38. The van der Waals surface area contributed by atoms with Crippen LogP contribution in [0, 0.1) is 23.7 Å². The van der Waals surface area contributed by atoms with Crippen LogP contribution in [-0.4, -0.2) is 12.0 Å². The maximum Gasteiger partial charge on any atom is 0.523 e. The molecular formula is C21H31F3O. The first-order valence-electron chi connectivity index (χ1n) is 9.90. The Kier molecular flexibility index (Phi) is 5.67. The van der Waals surface area contributed by atoms with Gasteiger partial charge in [-0.05, 0) is 81.1 Å². The van der Waals surface area contributed by atoms with Crippen LogP contribution < -0.4 is 0 Å². The van der Waals surface area contributed by atoms with Gasteiger partial charge in [0.15, 0.2) is 0 Å². The predicted octanol–water partition coefficient (Wildman–Crippen LogP) is 6.80. The minimum Gasteiger partial charge on any atom is -0.281 e. The molecule has 2 fully saturated rings. The van der Waals surface area contributed by atoms with Gasteiger partial charge >= 0.3 is 6.36 Å². The van der Waals surface area contributed by atoms with Crippen molar-refractivity contribution in [2.24, 2.45) is 23.7 Å². The number of halogens is 3. The van der Waals surface area contributed by atoms with E-state index in [1.165, 1.54) is 63.9 Å². The minimum atomic E-state index is -4.58. The Balaban J connectivity index is 1.49. The zero-order valence-electron chi connectivity index (χ0n) is 15.4. The van der Waals surface area contributed by atoms with Crippen molar-refractivity contribution in [1.29, 1.82) is 0 Å². The summed E-state index contributed by atoms with van der Waals surface area (Å²) < 4.78 is 41.8. The van der Waals surface area contributed by atoms with Crippen LogP contribution in [0.4, 0.5) is 13.2 Å². The van der Waals surface area contributed by atoms with Crippen molar-refractivity contribution >= 4 is 0 Å². The number of alkyl halides is 3.